The van der Waals surface area contributed by atoms with Gasteiger partial charge in [0.15, 0.2) is 0 Å². The molecular formula is C14H29NO2. The van der Waals surface area contributed by atoms with Crippen molar-refractivity contribution in [2.45, 2.75) is 71.1 Å². The first-order valence-electron chi connectivity index (χ1n) is 6.69. The fourth-order valence-electron chi connectivity index (χ4n) is 2.13. The van der Waals surface area contributed by atoms with E-state index in [1.54, 1.807) is 7.11 Å². The van der Waals surface area contributed by atoms with Gasteiger partial charge in [0.25, 0.3) is 0 Å². The van der Waals surface area contributed by atoms with E-state index in [-0.39, 0.29) is 11.6 Å². The van der Waals surface area contributed by atoms with Gasteiger partial charge in [-0.1, -0.05) is 13.8 Å². The second-order valence-electron chi connectivity index (χ2n) is 6.61. The van der Waals surface area contributed by atoms with Crippen molar-refractivity contribution >= 4 is 0 Å². The molecule has 0 radical (unpaired) electrons. The Bertz CT molecular complexity index is 228. The molecule has 17 heavy (non-hydrogen) atoms. The molecule has 1 atom stereocenters. The van der Waals surface area contributed by atoms with Gasteiger partial charge in [0.1, 0.15) is 0 Å². The summed E-state index contributed by atoms with van der Waals surface area (Å²) < 4.78 is 11.3. The highest BCUT2D eigenvalue weighted by Crippen LogP contribution is 2.36. The third-order valence-corrected chi connectivity index (χ3v) is 4.22. The van der Waals surface area contributed by atoms with E-state index in [9.17, 15) is 0 Å². The molecule has 1 aliphatic rings. The molecule has 1 saturated carbocycles. The lowest BCUT2D eigenvalue weighted by molar-refractivity contribution is -0.0557. The van der Waals surface area contributed by atoms with Crippen LogP contribution >= 0.6 is 0 Å². The second kappa shape index (κ2) is 5.68. The van der Waals surface area contributed by atoms with Crippen LogP contribution in [0.1, 0.15) is 53.4 Å². The zero-order valence-electron chi connectivity index (χ0n) is 12.1. The van der Waals surface area contributed by atoms with Crippen molar-refractivity contribution in [3.05, 3.63) is 0 Å². The smallest absolute Gasteiger partial charge is 0.0795 e. The summed E-state index contributed by atoms with van der Waals surface area (Å²) in [6.07, 6.45) is 5.21. The summed E-state index contributed by atoms with van der Waals surface area (Å²) in [5, 5.41) is 0. The average Bonchev–Trinajstić information content (AvgIpc) is 2.27. The predicted molar refractivity (Wildman–Crippen MR) is 71.1 cm³/mol. The Labute approximate surface area is 106 Å². The monoisotopic (exact) mass is 243 g/mol. The molecular weight excluding hydrogens is 214 g/mol. The van der Waals surface area contributed by atoms with Crippen molar-refractivity contribution in [3.8, 4) is 0 Å². The number of nitrogens with two attached hydrogens (primary N) is 1. The lowest BCUT2D eigenvalue weighted by atomic mass is 9.76. The largest absolute Gasteiger partial charge is 0.377 e. The normalized spacial score (nSPS) is 23.6. The van der Waals surface area contributed by atoms with Crippen LogP contribution in [0.4, 0.5) is 0 Å². The van der Waals surface area contributed by atoms with Crippen LogP contribution < -0.4 is 5.73 Å². The van der Waals surface area contributed by atoms with Crippen molar-refractivity contribution in [2.24, 2.45) is 11.1 Å². The van der Waals surface area contributed by atoms with Gasteiger partial charge in [0, 0.05) is 7.11 Å². The van der Waals surface area contributed by atoms with Gasteiger partial charge in [-0.3, -0.25) is 0 Å². The first kappa shape index (κ1) is 14.9. The molecule has 1 aliphatic carbocycles. The van der Waals surface area contributed by atoms with E-state index in [0.717, 1.165) is 12.8 Å². The summed E-state index contributed by atoms with van der Waals surface area (Å²) in [6, 6.07) is -0.0672. The standard InChI is InChI=1S/C14H29NO2/c1-13(2)8-6-11(7-9-13)17-10-12(15)14(3,4)16-5/h11-12H,6-10,15H2,1-5H3. The van der Waals surface area contributed by atoms with Crippen molar-refractivity contribution in [1.82, 2.24) is 0 Å². The summed E-state index contributed by atoms with van der Waals surface area (Å²) in [5.74, 6) is 0. The molecule has 0 aromatic carbocycles. The van der Waals surface area contributed by atoms with Crippen LogP contribution in [-0.2, 0) is 9.47 Å². The quantitative estimate of drug-likeness (QED) is 0.807. The Kier molecular flexibility index (Phi) is 4.99. The highest BCUT2D eigenvalue weighted by Gasteiger charge is 2.30. The van der Waals surface area contributed by atoms with Crippen LogP contribution in [0.5, 0.6) is 0 Å². The van der Waals surface area contributed by atoms with Gasteiger partial charge in [-0.05, 0) is 44.9 Å². The van der Waals surface area contributed by atoms with E-state index in [2.05, 4.69) is 13.8 Å². The van der Waals surface area contributed by atoms with E-state index in [1.165, 1.54) is 12.8 Å². The maximum Gasteiger partial charge on any atom is 0.0795 e. The number of hydrogen-bond donors (Lipinski definition) is 1. The lowest BCUT2D eigenvalue weighted by Crippen LogP contribution is -2.48. The fourth-order valence-corrected chi connectivity index (χ4v) is 2.13. The summed E-state index contributed by atoms with van der Waals surface area (Å²) in [5.41, 5.74) is 6.26. The van der Waals surface area contributed by atoms with Gasteiger partial charge in [-0.25, -0.2) is 0 Å². The minimum Gasteiger partial charge on any atom is -0.377 e. The molecule has 102 valence electrons. The SMILES string of the molecule is COC(C)(C)C(N)COC1CCC(C)(C)CC1. The van der Waals surface area contributed by atoms with Crippen molar-refractivity contribution in [2.75, 3.05) is 13.7 Å². The highest BCUT2D eigenvalue weighted by atomic mass is 16.5. The Hall–Kier alpha value is -0.120. The predicted octanol–water partition coefficient (Wildman–Crippen LogP) is 2.72. The first-order chi connectivity index (χ1) is 7.77. The van der Waals surface area contributed by atoms with Gasteiger partial charge in [0.05, 0.1) is 24.4 Å². The summed E-state index contributed by atoms with van der Waals surface area (Å²) in [7, 11) is 1.70. The van der Waals surface area contributed by atoms with Crippen LogP contribution in [-0.4, -0.2) is 31.5 Å². The number of ether oxygens (including phenoxy) is 2. The zero-order chi connectivity index (χ0) is 13.1. The van der Waals surface area contributed by atoms with E-state index < -0.39 is 0 Å². The van der Waals surface area contributed by atoms with Crippen molar-refractivity contribution in [1.29, 1.82) is 0 Å². The molecule has 0 aromatic rings. The molecule has 0 aliphatic heterocycles. The zero-order valence-corrected chi connectivity index (χ0v) is 12.1. The van der Waals surface area contributed by atoms with Crippen LogP contribution in [0.25, 0.3) is 0 Å². The first-order valence-corrected chi connectivity index (χ1v) is 6.69. The minimum atomic E-state index is -0.312. The van der Waals surface area contributed by atoms with E-state index >= 15 is 0 Å². The van der Waals surface area contributed by atoms with Crippen LogP contribution in [0.15, 0.2) is 0 Å². The van der Waals surface area contributed by atoms with Gasteiger partial charge < -0.3 is 15.2 Å². The molecule has 0 amide bonds. The topological polar surface area (TPSA) is 44.5 Å². The minimum absolute atomic E-state index is 0.0672. The molecule has 0 bridgehead atoms. The molecule has 0 aromatic heterocycles. The Morgan fingerprint density at radius 3 is 2.29 bits per heavy atom. The summed E-state index contributed by atoms with van der Waals surface area (Å²) in [4.78, 5) is 0. The Morgan fingerprint density at radius 1 is 1.29 bits per heavy atom. The second-order valence-corrected chi connectivity index (χ2v) is 6.61. The van der Waals surface area contributed by atoms with Gasteiger partial charge in [0.2, 0.25) is 0 Å². The molecule has 1 unspecified atom stereocenters. The summed E-state index contributed by atoms with van der Waals surface area (Å²) >= 11 is 0. The highest BCUT2D eigenvalue weighted by molar-refractivity contribution is 4.84. The number of hydrogen-bond acceptors (Lipinski definition) is 3. The van der Waals surface area contributed by atoms with Crippen molar-refractivity contribution < 1.29 is 9.47 Å². The van der Waals surface area contributed by atoms with E-state index in [0.29, 0.717) is 18.1 Å². The molecule has 2 N–H and O–H groups in total. The fraction of sp³-hybridized carbons (Fsp3) is 1.00. The molecule has 3 heteroatoms. The maximum atomic E-state index is 6.08. The van der Waals surface area contributed by atoms with Gasteiger partial charge in [-0.2, -0.15) is 0 Å². The van der Waals surface area contributed by atoms with Gasteiger partial charge in [-0.15, -0.1) is 0 Å². The molecule has 3 nitrogen and oxygen atoms in total. The third-order valence-electron chi connectivity index (χ3n) is 4.22. The molecule has 1 fully saturated rings. The third kappa shape index (κ3) is 4.57. The average molecular weight is 243 g/mol. The van der Waals surface area contributed by atoms with E-state index in [4.69, 9.17) is 15.2 Å². The molecule has 0 spiro atoms. The Balaban J connectivity index is 2.28. The lowest BCUT2D eigenvalue weighted by Gasteiger charge is -2.36. The van der Waals surface area contributed by atoms with Crippen LogP contribution in [0.3, 0.4) is 0 Å². The van der Waals surface area contributed by atoms with Crippen LogP contribution in [0, 0.1) is 5.41 Å². The number of methoxy groups -OCH3 is 1. The molecule has 0 saturated heterocycles. The van der Waals surface area contributed by atoms with Crippen LogP contribution in [0.2, 0.25) is 0 Å². The van der Waals surface area contributed by atoms with E-state index in [1.807, 2.05) is 13.8 Å². The number of rotatable bonds is 5. The Morgan fingerprint density at radius 2 is 1.82 bits per heavy atom. The summed E-state index contributed by atoms with van der Waals surface area (Å²) in [6.45, 7) is 9.27. The van der Waals surface area contributed by atoms with Gasteiger partial charge >= 0.3 is 0 Å². The molecule has 0 heterocycles. The maximum absolute atomic E-state index is 6.08. The van der Waals surface area contributed by atoms with Crippen molar-refractivity contribution in [3.63, 3.8) is 0 Å². The molecule has 1 rings (SSSR count).